The van der Waals surface area contributed by atoms with Crippen LogP contribution >= 0.6 is 0 Å². The molecule has 31 heavy (non-hydrogen) atoms. The van der Waals surface area contributed by atoms with Gasteiger partial charge in [0.25, 0.3) is 0 Å². The molecular weight excluding hydrogens is 390 g/mol. The van der Waals surface area contributed by atoms with Crippen molar-refractivity contribution in [3.05, 3.63) is 64.2 Å². The molecule has 2 atom stereocenters. The number of carboxylic acids is 1. The van der Waals surface area contributed by atoms with Crippen molar-refractivity contribution in [1.29, 1.82) is 0 Å². The highest BCUT2D eigenvalue weighted by Gasteiger charge is 2.40. The summed E-state index contributed by atoms with van der Waals surface area (Å²) in [6.45, 7) is 3.34. The number of nitrogens with one attached hydrogen (secondary N) is 2. The van der Waals surface area contributed by atoms with Gasteiger partial charge in [-0.15, -0.1) is 0 Å². The second kappa shape index (κ2) is 8.61. The number of aliphatic imine (C=N–C) groups is 1. The monoisotopic (exact) mass is 419 g/mol. The molecule has 6 heteroatoms. The second-order valence-corrected chi connectivity index (χ2v) is 8.70. The van der Waals surface area contributed by atoms with Gasteiger partial charge < -0.3 is 20.5 Å². The highest BCUT2D eigenvalue weighted by molar-refractivity contribution is 5.80. The van der Waals surface area contributed by atoms with Gasteiger partial charge in [-0.05, 0) is 72.1 Å². The SMILES string of the molecule is O=C(O)C1Cc2cccc3c2C1Cc1ccc(OCCCNC2=NCCCN2)cc1C3. The Labute approximate surface area is 182 Å². The van der Waals surface area contributed by atoms with Crippen LogP contribution in [0, 0.1) is 5.92 Å². The number of benzene rings is 2. The fourth-order valence-corrected chi connectivity index (χ4v) is 5.18. The van der Waals surface area contributed by atoms with E-state index in [1.165, 1.54) is 27.8 Å². The number of carboxylic acid groups (broad SMARTS) is 1. The number of hydrogen-bond donors (Lipinski definition) is 3. The molecular formula is C25H29N3O3. The summed E-state index contributed by atoms with van der Waals surface area (Å²) in [6.07, 6.45) is 4.26. The van der Waals surface area contributed by atoms with Crippen molar-refractivity contribution < 1.29 is 14.6 Å². The maximum absolute atomic E-state index is 11.9. The van der Waals surface area contributed by atoms with Crippen LogP contribution in [0.4, 0.5) is 0 Å². The van der Waals surface area contributed by atoms with Gasteiger partial charge in [0, 0.05) is 25.6 Å². The van der Waals surface area contributed by atoms with Crippen molar-refractivity contribution in [2.24, 2.45) is 10.9 Å². The number of nitrogens with zero attached hydrogens (tertiary/aromatic N) is 1. The van der Waals surface area contributed by atoms with E-state index in [1.807, 2.05) is 6.07 Å². The second-order valence-electron chi connectivity index (χ2n) is 8.70. The fraction of sp³-hybridized carbons (Fsp3) is 0.440. The lowest BCUT2D eigenvalue weighted by Gasteiger charge is -2.17. The lowest BCUT2D eigenvalue weighted by Crippen LogP contribution is -2.41. The van der Waals surface area contributed by atoms with Gasteiger partial charge in [0.1, 0.15) is 5.75 Å². The summed E-state index contributed by atoms with van der Waals surface area (Å²) in [7, 11) is 0. The van der Waals surface area contributed by atoms with Crippen molar-refractivity contribution in [3.63, 3.8) is 0 Å². The van der Waals surface area contributed by atoms with Gasteiger partial charge in [0.05, 0.1) is 12.5 Å². The summed E-state index contributed by atoms with van der Waals surface area (Å²) in [5, 5.41) is 16.4. The maximum Gasteiger partial charge on any atom is 0.307 e. The van der Waals surface area contributed by atoms with Gasteiger partial charge in [-0.25, -0.2) is 0 Å². The first kappa shape index (κ1) is 19.9. The molecule has 0 bridgehead atoms. The Bertz CT molecular complexity index is 1020. The number of guanidine groups is 1. The van der Waals surface area contributed by atoms with Crippen LogP contribution in [0.3, 0.4) is 0 Å². The fourth-order valence-electron chi connectivity index (χ4n) is 5.18. The quantitative estimate of drug-likeness (QED) is 0.627. The summed E-state index contributed by atoms with van der Waals surface area (Å²) in [5.41, 5.74) is 6.26. The summed E-state index contributed by atoms with van der Waals surface area (Å²) in [6, 6.07) is 12.6. The largest absolute Gasteiger partial charge is 0.494 e. The number of hydrogen-bond acceptors (Lipinski definition) is 5. The van der Waals surface area contributed by atoms with Gasteiger partial charge in [0.2, 0.25) is 0 Å². The first-order valence-electron chi connectivity index (χ1n) is 11.3. The third-order valence-electron chi connectivity index (χ3n) is 6.68. The number of aliphatic carboxylic acids is 1. The zero-order chi connectivity index (χ0) is 21.2. The predicted octanol–water partition coefficient (Wildman–Crippen LogP) is 2.88. The zero-order valence-electron chi connectivity index (χ0n) is 17.7. The minimum atomic E-state index is -0.682. The molecule has 5 rings (SSSR count). The van der Waals surface area contributed by atoms with Crippen molar-refractivity contribution in [1.82, 2.24) is 10.6 Å². The van der Waals surface area contributed by atoms with Crippen LogP contribution in [-0.2, 0) is 24.1 Å². The van der Waals surface area contributed by atoms with E-state index in [0.29, 0.717) is 13.0 Å². The molecule has 2 aliphatic carbocycles. The molecule has 2 aromatic rings. The van der Waals surface area contributed by atoms with E-state index in [1.54, 1.807) is 0 Å². The molecule has 0 fully saturated rings. The van der Waals surface area contributed by atoms with Crippen LogP contribution in [0.5, 0.6) is 5.75 Å². The van der Waals surface area contributed by atoms with Gasteiger partial charge in [-0.2, -0.15) is 0 Å². The molecule has 1 heterocycles. The Hall–Kier alpha value is -3.02. The summed E-state index contributed by atoms with van der Waals surface area (Å²) in [5.74, 6) is 0.839. The first-order valence-corrected chi connectivity index (χ1v) is 11.3. The average Bonchev–Trinajstić information content (AvgIpc) is 3.06. The van der Waals surface area contributed by atoms with Crippen LogP contribution in [-0.4, -0.2) is 43.3 Å². The third kappa shape index (κ3) is 4.11. The number of fused-ring (bicyclic) bond motifs is 1. The van der Waals surface area contributed by atoms with E-state index in [9.17, 15) is 9.90 Å². The molecule has 0 saturated carbocycles. The van der Waals surface area contributed by atoms with Gasteiger partial charge >= 0.3 is 5.97 Å². The summed E-state index contributed by atoms with van der Waals surface area (Å²) >= 11 is 0. The van der Waals surface area contributed by atoms with E-state index in [2.05, 4.69) is 46.0 Å². The molecule has 3 aliphatic rings. The molecule has 2 unspecified atom stereocenters. The highest BCUT2D eigenvalue weighted by Crippen LogP contribution is 2.45. The normalized spacial score (nSPS) is 21.2. The minimum absolute atomic E-state index is 0.0686. The third-order valence-corrected chi connectivity index (χ3v) is 6.68. The molecule has 162 valence electrons. The number of ether oxygens (including phenoxy) is 1. The Morgan fingerprint density at radius 3 is 2.90 bits per heavy atom. The van der Waals surface area contributed by atoms with Crippen LogP contribution in [0.25, 0.3) is 0 Å². The maximum atomic E-state index is 11.9. The van der Waals surface area contributed by atoms with Crippen LogP contribution in [0.15, 0.2) is 41.4 Å². The lowest BCUT2D eigenvalue weighted by atomic mass is 9.86. The molecule has 3 N–H and O–H groups in total. The molecule has 0 amide bonds. The summed E-state index contributed by atoms with van der Waals surface area (Å²) in [4.78, 5) is 16.3. The molecule has 6 nitrogen and oxygen atoms in total. The Morgan fingerprint density at radius 1 is 1.16 bits per heavy atom. The standard InChI is InChI=1S/C25H29N3O3/c29-24(30)22-15-18-5-1-4-17-12-19-13-20(7-6-16(19)14-21(22)23(17)18)31-11-3-10-28-25-26-8-2-9-27-25/h1,4-7,13,21-22H,2-3,8-12,14-15H2,(H,29,30)(H2,26,27,28). The topological polar surface area (TPSA) is 83.0 Å². The predicted molar refractivity (Wildman–Crippen MR) is 120 cm³/mol. The van der Waals surface area contributed by atoms with Gasteiger partial charge in [-0.3, -0.25) is 9.79 Å². The van der Waals surface area contributed by atoms with Gasteiger partial charge in [0.15, 0.2) is 5.96 Å². The van der Waals surface area contributed by atoms with Crippen LogP contribution < -0.4 is 15.4 Å². The van der Waals surface area contributed by atoms with Gasteiger partial charge in [-0.1, -0.05) is 24.3 Å². The number of carbonyl (C=O) groups is 1. The molecule has 0 spiro atoms. The summed E-state index contributed by atoms with van der Waals surface area (Å²) < 4.78 is 6.02. The average molecular weight is 420 g/mol. The highest BCUT2D eigenvalue weighted by atomic mass is 16.5. The van der Waals surface area contributed by atoms with E-state index in [-0.39, 0.29) is 11.8 Å². The van der Waals surface area contributed by atoms with Crippen molar-refractivity contribution >= 4 is 11.9 Å². The molecule has 0 radical (unpaired) electrons. The van der Waals surface area contributed by atoms with Crippen molar-refractivity contribution in [3.8, 4) is 5.75 Å². The minimum Gasteiger partial charge on any atom is -0.494 e. The zero-order valence-corrected chi connectivity index (χ0v) is 17.7. The van der Waals surface area contributed by atoms with E-state index in [4.69, 9.17) is 4.74 Å². The van der Waals surface area contributed by atoms with Crippen LogP contribution in [0.1, 0.15) is 46.6 Å². The molecule has 1 aliphatic heterocycles. The Morgan fingerprint density at radius 2 is 2.06 bits per heavy atom. The molecule has 0 saturated heterocycles. The molecule has 2 aromatic carbocycles. The lowest BCUT2D eigenvalue weighted by molar-refractivity contribution is -0.142. The first-order chi connectivity index (χ1) is 15.2. The van der Waals surface area contributed by atoms with Crippen molar-refractivity contribution in [2.45, 2.75) is 38.0 Å². The van der Waals surface area contributed by atoms with E-state index < -0.39 is 5.97 Å². The van der Waals surface area contributed by atoms with E-state index in [0.717, 1.165) is 57.0 Å². The van der Waals surface area contributed by atoms with E-state index >= 15 is 0 Å². The Balaban J connectivity index is 1.25. The Kier molecular flexibility index (Phi) is 5.53. The smallest absolute Gasteiger partial charge is 0.307 e. The van der Waals surface area contributed by atoms with Crippen molar-refractivity contribution in [2.75, 3.05) is 26.2 Å². The molecule has 0 aromatic heterocycles. The number of rotatable bonds is 6. The van der Waals surface area contributed by atoms with Crippen LogP contribution in [0.2, 0.25) is 0 Å².